The predicted molar refractivity (Wildman–Crippen MR) is 102 cm³/mol. The minimum absolute atomic E-state index is 0.0678. The lowest BCUT2D eigenvalue weighted by molar-refractivity contribution is 0.102. The molecule has 0 aliphatic carbocycles. The molecule has 0 saturated heterocycles. The van der Waals surface area contributed by atoms with E-state index in [0.717, 1.165) is 11.2 Å². The third kappa shape index (κ3) is 2.86. The largest absolute Gasteiger partial charge is 0.315 e. The van der Waals surface area contributed by atoms with Crippen molar-refractivity contribution in [1.82, 2.24) is 9.55 Å². The fourth-order valence-corrected chi connectivity index (χ4v) is 2.86. The van der Waals surface area contributed by atoms with E-state index in [1.165, 1.54) is 0 Å². The normalized spacial score (nSPS) is 10.6. The van der Waals surface area contributed by atoms with Crippen molar-refractivity contribution in [1.29, 1.82) is 0 Å². The van der Waals surface area contributed by atoms with Crippen molar-refractivity contribution in [2.75, 3.05) is 5.32 Å². The van der Waals surface area contributed by atoms with Gasteiger partial charge in [0.25, 0.3) is 5.91 Å². The predicted octanol–water partition coefficient (Wildman–Crippen LogP) is 3.64. The van der Waals surface area contributed by atoms with Gasteiger partial charge < -0.3 is 9.88 Å². The number of benzene rings is 2. The molecule has 1 amide bonds. The first-order chi connectivity index (χ1) is 12.7. The second-order valence-electron chi connectivity index (χ2n) is 5.76. The highest BCUT2D eigenvalue weighted by Gasteiger charge is 2.16. The van der Waals surface area contributed by atoms with Gasteiger partial charge >= 0.3 is 0 Å². The molecule has 5 heteroatoms. The molecule has 0 spiro atoms. The van der Waals surface area contributed by atoms with Gasteiger partial charge in [-0.05, 0) is 36.4 Å². The number of anilines is 1. The SMILES string of the molecule is O=C(Nc1ccccn1)c1cn(-c2ccccc2)c2ccccc2c1=O. The lowest BCUT2D eigenvalue weighted by atomic mass is 10.1. The molecule has 2 aromatic heterocycles. The number of carbonyl (C=O) groups is 1. The van der Waals surface area contributed by atoms with E-state index in [2.05, 4.69) is 10.3 Å². The standard InChI is InChI=1S/C21H15N3O2/c25-20-16-10-4-5-11-18(16)24(15-8-2-1-3-9-15)14-17(20)21(26)23-19-12-6-7-13-22-19/h1-14H,(H,22,23,26). The van der Waals surface area contributed by atoms with Gasteiger partial charge in [-0.3, -0.25) is 9.59 Å². The van der Waals surface area contributed by atoms with E-state index in [0.29, 0.717) is 11.2 Å². The number of para-hydroxylation sites is 2. The molecule has 2 aromatic carbocycles. The van der Waals surface area contributed by atoms with Crippen LogP contribution in [0.5, 0.6) is 0 Å². The van der Waals surface area contributed by atoms with Crippen molar-refractivity contribution in [2.24, 2.45) is 0 Å². The van der Waals surface area contributed by atoms with Crippen molar-refractivity contribution in [3.8, 4) is 5.69 Å². The third-order valence-electron chi connectivity index (χ3n) is 4.10. The zero-order chi connectivity index (χ0) is 17.9. The van der Waals surface area contributed by atoms with Crippen LogP contribution >= 0.6 is 0 Å². The highest BCUT2D eigenvalue weighted by Crippen LogP contribution is 2.18. The monoisotopic (exact) mass is 341 g/mol. The molecule has 0 bridgehead atoms. The first-order valence-corrected chi connectivity index (χ1v) is 8.16. The summed E-state index contributed by atoms with van der Waals surface area (Å²) in [4.78, 5) is 29.6. The molecule has 26 heavy (non-hydrogen) atoms. The summed E-state index contributed by atoms with van der Waals surface area (Å²) in [6.07, 6.45) is 3.16. The summed E-state index contributed by atoms with van der Waals surface area (Å²) < 4.78 is 1.85. The van der Waals surface area contributed by atoms with Gasteiger partial charge in [0.2, 0.25) is 5.43 Å². The van der Waals surface area contributed by atoms with Crippen molar-refractivity contribution in [2.45, 2.75) is 0 Å². The van der Waals surface area contributed by atoms with Crippen LogP contribution in [0.15, 0.2) is 90.0 Å². The fraction of sp³-hybridized carbons (Fsp3) is 0. The molecule has 126 valence electrons. The third-order valence-corrected chi connectivity index (χ3v) is 4.10. The molecule has 0 atom stereocenters. The molecule has 0 unspecified atom stereocenters. The van der Waals surface area contributed by atoms with Crippen LogP contribution in [0.4, 0.5) is 5.82 Å². The Balaban J connectivity index is 1.89. The number of fused-ring (bicyclic) bond motifs is 1. The van der Waals surface area contributed by atoms with Gasteiger partial charge in [-0.2, -0.15) is 0 Å². The van der Waals surface area contributed by atoms with Gasteiger partial charge in [-0.25, -0.2) is 4.98 Å². The summed E-state index contributed by atoms with van der Waals surface area (Å²) >= 11 is 0. The van der Waals surface area contributed by atoms with Crippen LogP contribution in [0.3, 0.4) is 0 Å². The summed E-state index contributed by atoms with van der Waals surface area (Å²) in [6, 6.07) is 22.1. The van der Waals surface area contributed by atoms with Crippen LogP contribution in [0, 0.1) is 0 Å². The van der Waals surface area contributed by atoms with Crippen molar-refractivity contribution < 1.29 is 4.79 Å². The average Bonchev–Trinajstić information content (AvgIpc) is 2.70. The molecular weight excluding hydrogens is 326 g/mol. The van der Waals surface area contributed by atoms with Gasteiger partial charge in [0.15, 0.2) is 0 Å². The Labute approximate surface area is 149 Å². The van der Waals surface area contributed by atoms with E-state index in [1.54, 1.807) is 42.7 Å². The molecule has 0 fully saturated rings. The molecule has 4 aromatic rings. The first-order valence-electron chi connectivity index (χ1n) is 8.16. The van der Waals surface area contributed by atoms with Crippen LogP contribution in [-0.2, 0) is 0 Å². The summed E-state index contributed by atoms with van der Waals surface area (Å²) in [5.74, 6) is -0.0829. The van der Waals surface area contributed by atoms with Gasteiger partial charge in [-0.15, -0.1) is 0 Å². The molecule has 4 rings (SSSR count). The molecule has 5 nitrogen and oxygen atoms in total. The van der Waals surface area contributed by atoms with E-state index in [4.69, 9.17) is 0 Å². The fourth-order valence-electron chi connectivity index (χ4n) is 2.86. The number of nitrogens with one attached hydrogen (secondary N) is 1. The maximum Gasteiger partial charge on any atom is 0.262 e. The zero-order valence-electron chi connectivity index (χ0n) is 13.8. The number of hydrogen-bond donors (Lipinski definition) is 1. The molecular formula is C21H15N3O2. The van der Waals surface area contributed by atoms with E-state index < -0.39 is 5.91 Å². The number of aromatic nitrogens is 2. The summed E-state index contributed by atoms with van der Waals surface area (Å²) in [6.45, 7) is 0. The Kier molecular flexibility index (Phi) is 4.03. The second-order valence-corrected chi connectivity index (χ2v) is 5.76. The van der Waals surface area contributed by atoms with E-state index in [9.17, 15) is 9.59 Å². The minimum Gasteiger partial charge on any atom is -0.315 e. The van der Waals surface area contributed by atoms with Crippen LogP contribution in [0.2, 0.25) is 0 Å². The molecule has 0 aliphatic heterocycles. The second kappa shape index (κ2) is 6.64. The van der Waals surface area contributed by atoms with Gasteiger partial charge in [0.05, 0.1) is 5.52 Å². The van der Waals surface area contributed by atoms with Crippen LogP contribution in [0.25, 0.3) is 16.6 Å². The van der Waals surface area contributed by atoms with Crippen LogP contribution < -0.4 is 10.7 Å². The Morgan fingerprint density at radius 2 is 1.62 bits per heavy atom. The number of rotatable bonds is 3. The Hall–Kier alpha value is -3.73. The summed E-state index contributed by atoms with van der Waals surface area (Å²) in [5, 5.41) is 3.17. The van der Waals surface area contributed by atoms with Crippen LogP contribution in [-0.4, -0.2) is 15.5 Å². The van der Waals surface area contributed by atoms with Crippen molar-refractivity contribution >= 4 is 22.6 Å². The molecule has 0 saturated carbocycles. The summed E-state index contributed by atoms with van der Waals surface area (Å²) in [7, 11) is 0. The Morgan fingerprint density at radius 3 is 2.38 bits per heavy atom. The van der Waals surface area contributed by atoms with Gasteiger partial charge in [0.1, 0.15) is 11.4 Å². The van der Waals surface area contributed by atoms with E-state index >= 15 is 0 Å². The number of carbonyl (C=O) groups excluding carboxylic acids is 1. The average molecular weight is 341 g/mol. The highest BCUT2D eigenvalue weighted by atomic mass is 16.2. The molecule has 2 heterocycles. The molecule has 0 aliphatic rings. The number of nitrogens with zero attached hydrogens (tertiary/aromatic N) is 2. The molecule has 0 radical (unpaired) electrons. The quantitative estimate of drug-likeness (QED) is 0.619. The maximum atomic E-state index is 12.8. The smallest absolute Gasteiger partial charge is 0.262 e. The van der Waals surface area contributed by atoms with E-state index in [-0.39, 0.29) is 11.0 Å². The van der Waals surface area contributed by atoms with Crippen molar-refractivity contribution in [3.05, 3.63) is 101 Å². The maximum absolute atomic E-state index is 12.8. The van der Waals surface area contributed by atoms with Gasteiger partial charge in [0, 0.05) is 23.5 Å². The highest BCUT2D eigenvalue weighted by molar-refractivity contribution is 6.05. The van der Waals surface area contributed by atoms with Crippen LogP contribution in [0.1, 0.15) is 10.4 Å². The lowest BCUT2D eigenvalue weighted by Gasteiger charge is -2.13. The topological polar surface area (TPSA) is 64.0 Å². The Morgan fingerprint density at radius 1 is 0.885 bits per heavy atom. The first kappa shape index (κ1) is 15.8. The molecule has 1 N–H and O–H groups in total. The zero-order valence-corrected chi connectivity index (χ0v) is 13.8. The number of amides is 1. The van der Waals surface area contributed by atoms with Gasteiger partial charge in [-0.1, -0.05) is 36.4 Å². The number of hydrogen-bond acceptors (Lipinski definition) is 3. The lowest BCUT2D eigenvalue weighted by Crippen LogP contribution is -2.24. The Bertz CT molecular complexity index is 1140. The summed E-state index contributed by atoms with van der Waals surface area (Å²) in [5.41, 5.74) is 1.38. The number of pyridine rings is 2. The van der Waals surface area contributed by atoms with Crippen molar-refractivity contribution in [3.63, 3.8) is 0 Å². The van der Waals surface area contributed by atoms with E-state index in [1.807, 2.05) is 47.0 Å². The minimum atomic E-state index is -0.482.